The maximum Gasteiger partial charge on any atom is 0.151 e. The first kappa shape index (κ1) is 28.3. The molecule has 216 valence electrons. The van der Waals surface area contributed by atoms with Crippen LogP contribution in [0, 0.1) is 0 Å². The van der Waals surface area contributed by atoms with E-state index in [9.17, 15) is 5.11 Å². The van der Waals surface area contributed by atoms with Crippen LogP contribution in [0.3, 0.4) is 0 Å². The zero-order chi connectivity index (χ0) is 28.4. The Morgan fingerprint density at radius 2 is 1.80 bits per heavy atom. The van der Waals surface area contributed by atoms with Crippen molar-refractivity contribution in [2.75, 3.05) is 75.9 Å². The molecular weight excluding hydrogens is 504 g/mol. The first-order valence-corrected chi connectivity index (χ1v) is 14.4. The predicted molar refractivity (Wildman–Crippen MR) is 162 cm³/mol. The molecule has 4 N–H and O–H groups in total. The fourth-order valence-electron chi connectivity index (χ4n) is 5.76. The summed E-state index contributed by atoms with van der Waals surface area (Å²) in [5.41, 5.74) is 10.3. The molecule has 2 saturated heterocycles. The second kappa shape index (κ2) is 11.7. The van der Waals surface area contributed by atoms with Gasteiger partial charge in [-0.2, -0.15) is 0 Å². The Labute approximate surface area is 237 Å². The van der Waals surface area contributed by atoms with Crippen LogP contribution in [0.5, 0.6) is 5.75 Å². The van der Waals surface area contributed by atoms with Crippen LogP contribution in [0.25, 0.3) is 22.2 Å². The van der Waals surface area contributed by atoms with Gasteiger partial charge >= 0.3 is 0 Å². The minimum Gasteiger partial charge on any atom is -0.495 e. The molecule has 5 rings (SSSR count). The highest BCUT2D eigenvalue weighted by Crippen LogP contribution is 2.37. The van der Waals surface area contributed by atoms with E-state index in [-0.39, 0.29) is 0 Å². The van der Waals surface area contributed by atoms with Crippen molar-refractivity contribution in [1.82, 2.24) is 24.8 Å². The van der Waals surface area contributed by atoms with E-state index in [0.717, 1.165) is 67.3 Å². The number of anilines is 3. The topological polar surface area (TPSA) is 116 Å². The van der Waals surface area contributed by atoms with Crippen molar-refractivity contribution in [2.24, 2.45) is 0 Å². The van der Waals surface area contributed by atoms with Crippen molar-refractivity contribution in [2.45, 2.75) is 51.7 Å². The van der Waals surface area contributed by atoms with Gasteiger partial charge in [0.15, 0.2) is 5.82 Å². The molecule has 10 heteroatoms. The van der Waals surface area contributed by atoms with E-state index in [1.807, 2.05) is 6.92 Å². The summed E-state index contributed by atoms with van der Waals surface area (Å²) >= 11 is 0. The third kappa shape index (κ3) is 6.09. The molecule has 2 aliphatic heterocycles. The maximum atomic E-state index is 10.3. The number of aromatic nitrogens is 3. The smallest absolute Gasteiger partial charge is 0.151 e. The molecule has 4 heterocycles. The van der Waals surface area contributed by atoms with Gasteiger partial charge in [-0.25, -0.2) is 15.0 Å². The van der Waals surface area contributed by atoms with Crippen LogP contribution < -0.4 is 20.7 Å². The summed E-state index contributed by atoms with van der Waals surface area (Å²) in [6.45, 7) is 12.6. The number of methoxy groups -OCH3 is 1. The molecule has 0 bridgehead atoms. The van der Waals surface area contributed by atoms with Crippen molar-refractivity contribution >= 4 is 28.4 Å². The number of rotatable bonds is 8. The van der Waals surface area contributed by atoms with Gasteiger partial charge in [0, 0.05) is 63.6 Å². The number of aliphatic hydroxyl groups is 1. The lowest BCUT2D eigenvalue weighted by molar-refractivity contribution is 0.0944. The molecule has 2 fully saturated rings. The van der Waals surface area contributed by atoms with Crippen LogP contribution in [0.1, 0.15) is 39.3 Å². The summed E-state index contributed by atoms with van der Waals surface area (Å²) in [5, 5.41) is 13.5. The number of nitrogens with two attached hydrogens (primary N) is 1. The lowest BCUT2D eigenvalue weighted by atomic mass is 10.00. The fourth-order valence-corrected chi connectivity index (χ4v) is 5.76. The Morgan fingerprint density at radius 1 is 1.07 bits per heavy atom. The van der Waals surface area contributed by atoms with Gasteiger partial charge in [-0.1, -0.05) is 13.0 Å². The van der Waals surface area contributed by atoms with Crippen LogP contribution in [-0.2, 0) is 6.42 Å². The van der Waals surface area contributed by atoms with Crippen LogP contribution >= 0.6 is 0 Å². The quantitative estimate of drug-likeness (QED) is 0.387. The van der Waals surface area contributed by atoms with Crippen LogP contribution in [-0.4, -0.2) is 101 Å². The number of nitrogen functional groups attached to an aromatic ring is 1. The number of hydrogen-bond acceptors (Lipinski definition) is 10. The minimum atomic E-state index is -0.885. The number of pyridine rings is 1. The average Bonchev–Trinajstić information content (AvgIpc) is 2.96. The van der Waals surface area contributed by atoms with Crippen LogP contribution in [0.4, 0.5) is 17.3 Å². The van der Waals surface area contributed by atoms with E-state index in [0.29, 0.717) is 41.7 Å². The van der Waals surface area contributed by atoms with E-state index < -0.39 is 5.60 Å². The summed E-state index contributed by atoms with van der Waals surface area (Å²) in [5.74, 6) is 1.83. The second-order valence-corrected chi connectivity index (χ2v) is 11.7. The number of fused-ring (bicyclic) bond motifs is 1. The third-order valence-corrected chi connectivity index (χ3v) is 8.17. The Morgan fingerprint density at radius 3 is 2.45 bits per heavy atom. The van der Waals surface area contributed by atoms with Gasteiger partial charge < -0.3 is 30.7 Å². The first-order chi connectivity index (χ1) is 19.2. The van der Waals surface area contributed by atoms with Crippen LogP contribution in [0.15, 0.2) is 24.4 Å². The van der Waals surface area contributed by atoms with E-state index in [2.05, 4.69) is 50.2 Å². The standard InChI is InChI=1S/C30H44N8O2/c1-6-23-29(33-19-30(2,3)39)35-26-22(18-32-28(31)27(26)34-23)20-7-8-24(25(17-20)40-5)38-11-9-21(10-12-38)37-15-13-36(4)14-16-37/h7-8,17-18,21,39H,6,9-16,19H2,1-5H3,(H2,31,32)(H,33,35). The number of benzene rings is 1. The van der Waals surface area contributed by atoms with Gasteiger partial charge in [-0.3, -0.25) is 4.90 Å². The highest BCUT2D eigenvalue weighted by molar-refractivity contribution is 5.97. The zero-order valence-corrected chi connectivity index (χ0v) is 24.6. The molecule has 2 aliphatic rings. The van der Waals surface area contributed by atoms with Gasteiger partial charge in [0.25, 0.3) is 0 Å². The van der Waals surface area contributed by atoms with Gasteiger partial charge in [-0.15, -0.1) is 0 Å². The lowest BCUT2D eigenvalue weighted by Gasteiger charge is -2.42. The van der Waals surface area contributed by atoms with Crippen molar-refractivity contribution in [1.29, 1.82) is 0 Å². The number of piperidine rings is 1. The molecule has 2 aromatic heterocycles. The maximum absolute atomic E-state index is 10.3. The monoisotopic (exact) mass is 548 g/mol. The molecule has 3 aromatic rings. The van der Waals surface area contributed by atoms with Crippen molar-refractivity contribution in [3.8, 4) is 16.9 Å². The first-order valence-electron chi connectivity index (χ1n) is 14.4. The Balaban J connectivity index is 1.41. The predicted octanol–water partition coefficient (Wildman–Crippen LogP) is 3.24. The summed E-state index contributed by atoms with van der Waals surface area (Å²) in [6, 6.07) is 6.98. The zero-order valence-electron chi connectivity index (χ0n) is 24.6. The number of hydrogen-bond donors (Lipinski definition) is 3. The molecule has 0 aliphatic carbocycles. The number of nitrogens with zero attached hydrogens (tertiary/aromatic N) is 6. The molecule has 0 atom stereocenters. The molecular formula is C30H44N8O2. The summed E-state index contributed by atoms with van der Waals surface area (Å²) in [7, 11) is 3.94. The fraction of sp³-hybridized carbons (Fsp3) is 0.567. The minimum absolute atomic E-state index is 0.349. The molecule has 0 spiro atoms. The summed E-state index contributed by atoms with van der Waals surface area (Å²) in [4.78, 5) is 21.8. The van der Waals surface area contributed by atoms with Gasteiger partial charge in [0.1, 0.15) is 22.6 Å². The van der Waals surface area contributed by atoms with E-state index in [1.165, 1.54) is 13.1 Å². The molecule has 40 heavy (non-hydrogen) atoms. The molecule has 10 nitrogen and oxygen atoms in total. The van der Waals surface area contributed by atoms with E-state index in [1.54, 1.807) is 27.2 Å². The number of likely N-dealkylation sites (N-methyl/N-ethyl adjacent to an activating group) is 1. The van der Waals surface area contributed by atoms with Crippen molar-refractivity contribution in [3.05, 3.63) is 30.1 Å². The van der Waals surface area contributed by atoms with Gasteiger partial charge in [0.2, 0.25) is 0 Å². The molecule has 0 saturated carbocycles. The highest BCUT2D eigenvalue weighted by atomic mass is 16.5. The third-order valence-electron chi connectivity index (χ3n) is 8.17. The lowest BCUT2D eigenvalue weighted by Crippen LogP contribution is -2.52. The Kier molecular flexibility index (Phi) is 8.30. The van der Waals surface area contributed by atoms with Gasteiger partial charge in [0.05, 0.1) is 24.1 Å². The SMILES string of the molecule is CCc1nc2c(N)ncc(-c3ccc(N4CCC(N5CCN(C)CC5)CC4)c(OC)c3)c2nc1NCC(C)(C)O. The van der Waals surface area contributed by atoms with E-state index in [4.69, 9.17) is 20.4 Å². The van der Waals surface area contributed by atoms with Crippen molar-refractivity contribution in [3.63, 3.8) is 0 Å². The highest BCUT2D eigenvalue weighted by Gasteiger charge is 2.28. The normalized spacial score (nSPS) is 17.9. The Hall–Kier alpha value is -3.21. The Bertz CT molecular complexity index is 1330. The summed E-state index contributed by atoms with van der Waals surface area (Å²) < 4.78 is 5.91. The van der Waals surface area contributed by atoms with Crippen LogP contribution in [0.2, 0.25) is 0 Å². The number of piperazine rings is 1. The number of aryl methyl sites for hydroxylation is 1. The number of ether oxygens (including phenoxy) is 1. The second-order valence-electron chi connectivity index (χ2n) is 11.7. The molecule has 0 radical (unpaired) electrons. The van der Waals surface area contributed by atoms with Crippen molar-refractivity contribution < 1.29 is 9.84 Å². The van der Waals surface area contributed by atoms with Gasteiger partial charge in [-0.05, 0) is 57.9 Å². The largest absolute Gasteiger partial charge is 0.495 e. The average molecular weight is 549 g/mol. The molecule has 0 amide bonds. The number of nitrogens with one attached hydrogen (secondary N) is 1. The molecule has 1 aromatic carbocycles. The molecule has 0 unspecified atom stereocenters. The summed E-state index contributed by atoms with van der Waals surface area (Å²) in [6.07, 6.45) is 4.76. The van der Waals surface area contributed by atoms with E-state index >= 15 is 0 Å².